The lowest BCUT2D eigenvalue weighted by atomic mass is 10.0. The van der Waals surface area contributed by atoms with Crippen molar-refractivity contribution in [3.8, 4) is 0 Å². The maximum Gasteiger partial charge on any atom is 0.273 e. The number of halogens is 1. The van der Waals surface area contributed by atoms with E-state index in [1.807, 2.05) is 0 Å². The summed E-state index contributed by atoms with van der Waals surface area (Å²) in [5, 5.41) is 6.99. The van der Waals surface area contributed by atoms with Gasteiger partial charge in [-0.1, -0.05) is 11.6 Å². The number of nitrogens with one attached hydrogen (secondary N) is 1. The summed E-state index contributed by atoms with van der Waals surface area (Å²) < 4.78 is 5.75. The van der Waals surface area contributed by atoms with Gasteiger partial charge >= 0.3 is 0 Å². The van der Waals surface area contributed by atoms with Gasteiger partial charge in [-0.2, -0.15) is 5.10 Å². The Morgan fingerprint density at radius 3 is 3.09 bits per heavy atom. The van der Waals surface area contributed by atoms with E-state index in [9.17, 15) is 4.79 Å². The maximum absolute atomic E-state index is 12.6. The molecule has 1 saturated heterocycles. The Labute approximate surface area is 138 Å². The van der Waals surface area contributed by atoms with Gasteiger partial charge in [0.2, 0.25) is 0 Å². The number of H-pyrrole nitrogens is 1. The lowest BCUT2D eigenvalue weighted by molar-refractivity contribution is 0.0546. The fourth-order valence-electron chi connectivity index (χ4n) is 2.67. The topological polar surface area (TPSA) is 96.9 Å². The number of carbonyl (C=O) groups excluding carboxylic acids is 1. The molecule has 3 heterocycles. The monoisotopic (exact) mass is 336 g/mol. The van der Waals surface area contributed by atoms with Gasteiger partial charge in [0.1, 0.15) is 18.0 Å². The third kappa shape index (κ3) is 3.32. The molecule has 1 aliphatic rings. The predicted molar refractivity (Wildman–Crippen MR) is 82.2 cm³/mol. The zero-order chi connectivity index (χ0) is 16.4. The number of nitrogens with zero attached hydrogens (tertiary/aromatic N) is 5. The molecule has 23 heavy (non-hydrogen) atoms. The molecule has 0 aromatic carbocycles. The van der Waals surface area contributed by atoms with Gasteiger partial charge < -0.3 is 9.64 Å². The fourth-order valence-corrected chi connectivity index (χ4v) is 2.85. The predicted octanol–water partition coefficient (Wildman–Crippen LogP) is 1.20. The number of ether oxygens (including phenoxy) is 1. The van der Waals surface area contributed by atoms with Crippen LogP contribution < -0.4 is 0 Å². The normalized spacial score (nSPS) is 20.7. The molecular formula is C14H17ClN6O2. The lowest BCUT2D eigenvalue weighted by Crippen LogP contribution is -2.37. The first-order valence-electron chi connectivity index (χ1n) is 7.27. The number of aryl methyl sites for hydroxylation is 1. The molecule has 8 nitrogen and oxygen atoms in total. The molecule has 2 atom stereocenters. The first kappa shape index (κ1) is 15.8. The maximum atomic E-state index is 12.6. The third-order valence-corrected chi connectivity index (χ3v) is 4.14. The summed E-state index contributed by atoms with van der Waals surface area (Å²) in [6.45, 7) is 2.77. The van der Waals surface area contributed by atoms with Gasteiger partial charge in [0.05, 0.1) is 17.3 Å². The molecule has 3 rings (SSSR count). The molecule has 1 N–H and O–H groups in total. The van der Waals surface area contributed by atoms with Gasteiger partial charge in [0.15, 0.2) is 5.69 Å². The van der Waals surface area contributed by atoms with Crippen LogP contribution in [0.3, 0.4) is 0 Å². The van der Waals surface area contributed by atoms with Gasteiger partial charge in [-0.25, -0.2) is 15.0 Å². The van der Waals surface area contributed by atoms with Crippen molar-refractivity contribution in [1.82, 2.24) is 30.0 Å². The Morgan fingerprint density at radius 2 is 2.35 bits per heavy atom. The molecular weight excluding hydrogens is 320 g/mol. The van der Waals surface area contributed by atoms with E-state index in [1.54, 1.807) is 18.9 Å². The van der Waals surface area contributed by atoms with E-state index in [0.717, 1.165) is 12.2 Å². The van der Waals surface area contributed by atoms with Crippen molar-refractivity contribution in [2.45, 2.75) is 25.4 Å². The molecule has 1 aliphatic heterocycles. The quantitative estimate of drug-likeness (QED) is 0.901. The first-order valence-corrected chi connectivity index (χ1v) is 7.65. The van der Waals surface area contributed by atoms with Crippen LogP contribution in [-0.4, -0.2) is 62.3 Å². The Kier molecular flexibility index (Phi) is 4.53. The van der Waals surface area contributed by atoms with Crippen LogP contribution in [0.1, 0.15) is 34.5 Å². The zero-order valence-corrected chi connectivity index (χ0v) is 13.6. The number of rotatable bonds is 4. The molecule has 0 aliphatic carbocycles. The number of carbonyl (C=O) groups is 1. The third-order valence-electron chi connectivity index (χ3n) is 3.86. The smallest absolute Gasteiger partial charge is 0.273 e. The summed E-state index contributed by atoms with van der Waals surface area (Å²) in [6, 6.07) is 0. The second-order valence-corrected chi connectivity index (χ2v) is 5.88. The number of aromatic amines is 1. The summed E-state index contributed by atoms with van der Waals surface area (Å²) in [7, 11) is 1.70. The molecule has 0 bridgehead atoms. The summed E-state index contributed by atoms with van der Waals surface area (Å²) in [4.78, 5) is 26.4. The first-order chi connectivity index (χ1) is 11.1. The van der Waals surface area contributed by atoms with Crippen LogP contribution in [0.15, 0.2) is 12.5 Å². The van der Waals surface area contributed by atoms with E-state index in [2.05, 4.69) is 25.1 Å². The van der Waals surface area contributed by atoms with Gasteiger partial charge in [-0.15, -0.1) is 0 Å². The second-order valence-electron chi connectivity index (χ2n) is 5.47. The SMILES string of the molecule is Cc1ncc(Cl)c(C(=O)N(C)C[C@H]2OCC[C@H]2c2ncn[nH]2)n1. The van der Waals surface area contributed by atoms with Crippen molar-refractivity contribution in [3.63, 3.8) is 0 Å². The van der Waals surface area contributed by atoms with Gasteiger partial charge in [0.25, 0.3) is 5.91 Å². The summed E-state index contributed by atoms with van der Waals surface area (Å²) >= 11 is 6.03. The van der Waals surface area contributed by atoms with Crippen molar-refractivity contribution in [1.29, 1.82) is 0 Å². The standard InChI is InChI=1S/C14H17ClN6O2/c1-8-16-5-10(15)12(19-8)14(22)21(2)6-11-9(3-4-23-11)13-17-7-18-20-13/h5,7,9,11H,3-4,6H2,1-2H3,(H,17,18,20)/t9-,11-/m1/s1. The molecule has 9 heteroatoms. The van der Waals surface area contributed by atoms with Gasteiger partial charge in [0, 0.05) is 26.1 Å². The van der Waals surface area contributed by atoms with Crippen LogP contribution in [-0.2, 0) is 4.74 Å². The highest BCUT2D eigenvalue weighted by Gasteiger charge is 2.34. The van der Waals surface area contributed by atoms with Crippen LogP contribution >= 0.6 is 11.6 Å². The average molecular weight is 337 g/mol. The molecule has 2 aromatic rings. The molecule has 122 valence electrons. The van der Waals surface area contributed by atoms with Crippen LogP contribution in [0.25, 0.3) is 0 Å². The van der Waals surface area contributed by atoms with E-state index in [0.29, 0.717) is 19.0 Å². The van der Waals surface area contributed by atoms with Crippen LogP contribution in [0, 0.1) is 6.92 Å². The largest absolute Gasteiger partial charge is 0.376 e. The molecule has 1 amide bonds. The number of hydrogen-bond donors (Lipinski definition) is 1. The Morgan fingerprint density at radius 1 is 1.52 bits per heavy atom. The van der Waals surface area contributed by atoms with Crippen molar-refractivity contribution < 1.29 is 9.53 Å². The Bertz CT molecular complexity index is 693. The molecule has 0 radical (unpaired) electrons. The Hall–Kier alpha value is -2.06. The van der Waals surface area contributed by atoms with Crippen molar-refractivity contribution in [2.75, 3.05) is 20.2 Å². The highest BCUT2D eigenvalue weighted by atomic mass is 35.5. The minimum atomic E-state index is -0.257. The Balaban J connectivity index is 1.72. The molecule has 0 saturated carbocycles. The highest BCUT2D eigenvalue weighted by molar-refractivity contribution is 6.33. The number of amides is 1. The second kappa shape index (κ2) is 6.59. The number of hydrogen-bond acceptors (Lipinski definition) is 6. The summed E-state index contributed by atoms with van der Waals surface area (Å²) in [6.07, 6.45) is 3.62. The lowest BCUT2D eigenvalue weighted by Gasteiger charge is -2.24. The molecule has 2 aromatic heterocycles. The highest BCUT2D eigenvalue weighted by Crippen LogP contribution is 2.29. The fraction of sp³-hybridized carbons (Fsp3) is 0.500. The average Bonchev–Trinajstić information content (AvgIpc) is 3.19. The van der Waals surface area contributed by atoms with Crippen molar-refractivity contribution in [2.24, 2.45) is 0 Å². The van der Waals surface area contributed by atoms with E-state index in [4.69, 9.17) is 16.3 Å². The van der Waals surface area contributed by atoms with E-state index < -0.39 is 0 Å². The number of likely N-dealkylation sites (N-methyl/N-ethyl adjacent to an activating group) is 1. The van der Waals surface area contributed by atoms with Crippen molar-refractivity contribution in [3.05, 3.63) is 34.9 Å². The summed E-state index contributed by atoms with van der Waals surface area (Å²) in [5.74, 6) is 1.12. The van der Waals surface area contributed by atoms with Crippen LogP contribution in [0.2, 0.25) is 5.02 Å². The van der Waals surface area contributed by atoms with Gasteiger partial charge in [-0.3, -0.25) is 9.89 Å². The minimum Gasteiger partial charge on any atom is -0.376 e. The molecule has 0 unspecified atom stereocenters. The van der Waals surface area contributed by atoms with Gasteiger partial charge in [-0.05, 0) is 13.3 Å². The summed E-state index contributed by atoms with van der Waals surface area (Å²) in [5.41, 5.74) is 0.205. The van der Waals surface area contributed by atoms with Crippen molar-refractivity contribution >= 4 is 17.5 Å². The van der Waals surface area contributed by atoms with Crippen LogP contribution in [0.5, 0.6) is 0 Å². The van der Waals surface area contributed by atoms with E-state index >= 15 is 0 Å². The zero-order valence-electron chi connectivity index (χ0n) is 12.9. The van der Waals surface area contributed by atoms with E-state index in [1.165, 1.54) is 12.5 Å². The van der Waals surface area contributed by atoms with E-state index in [-0.39, 0.29) is 28.6 Å². The minimum absolute atomic E-state index is 0.0929. The number of aromatic nitrogens is 5. The molecule has 1 fully saturated rings. The van der Waals surface area contributed by atoms with Crippen LogP contribution in [0.4, 0.5) is 0 Å². The molecule has 0 spiro atoms.